The summed E-state index contributed by atoms with van der Waals surface area (Å²) in [5.74, 6) is 0.131. The zero-order chi connectivity index (χ0) is 18.5. The number of benzene rings is 2. The fourth-order valence-corrected chi connectivity index (χ4v) is 4.10. The van der Waals surface area contributed by atoms with Crippen LogP contribution in [-0.4, -0.2) is 40.7 Å². The van der Waals surface area contributed by atoms with Gasteiger partial charge in [-0.15, -0.1) is 0 Å². The maximum atomic E-state index is 12.9. The third kappa shape index (κ3) is 4.08. The molecule has 0 radical (unpaired) electrons. The molecule has 2 aromatic carbocycles. The number of carbonyl (C=O) groups excluding carboxylic acids is 2. The Morgan fingerprint density at radius 1 is 1.23 bits per heavy atom. The summed E-state index contributed by atoms with van der Waals surface area (Å²) in [6.07, 6.45) is 1.15. The van der Waals surface area contributed by atoms with Crippen LogP contribution >= 0.6 is 11.8 Å². The average molecular weight is 368 g/mol. The number of carbonyl (C=O) groups is 2. The second-order valence-electron chi connectivity index (χ2n) is 5.95. The molecule has 1 heterocycles. The van der Waals surface area contributed by atoms with E-state index in [2.05, 4.69) is 24.0 Å². The quantitative estimate of drug-likeness (QED) is 0.641. The van der Waals surface area contributed by atoms with Gasteiger partial charge >= 0.3 is 0 Å². The lowest BCUT2D eigenvalue weighted by molar-refractivity contribution is -0.111. The summed E-state index contributed by atoms with van der Waals surface area (Å²) < 4.78 is 0. The predicted molar refractivity (Wildman–Crippen MR) is 104 cm³/mol. The number of thioether (sulfide) groups is 1. The monoisotopic (exact) mass is 368 g/mol. The maximum absolute atomic E-state index is 12.9. The molecule has 2 N–H and O–H groups in total. The molecule has 1 fully saturated rings. The number of phenols is 1. The third-order valence-electron chi connectivity index (χ3n) is 4.20. The first-order valence-electron chi connectivity index (χ1n) is 8.30. The van der Waals surface area contributed by atoms with Crippen LogP contribution in [0.5, 0.6) is 5.75 Å². The highest BCUT2D eigenvalue weighted by Crippen LogP contribution is 2.34. The van der Waals surface area contributed by atoms with Gasteiger partial charge in [-0.05, 0) is 29.8 Å². The van der Waals surface area contributed by atoms with E-state index in [9.17, 15) is 14.7 Å². The number of hydrogen-bond donors (Lipinski definition) is 2. The fraction of sp³-hybridized carbons (Fsp3) is 0.200. The first-order chi connectivity index (χ1) is 12.6. The van der Waals surface area contributed by atoms with E-state index < -0.39 is 0 Å². The van der Waals surface area contributed by atoms with Crippen LogP contribution < -0.4 is 5.32 Å². The van der Waals surface area contributed by atoms with Gasteiger partial charge in [0.2, 0.25) is 5.91 Å². The van der Waals surface area contributed by atoms with E-state index in [0.717, 1.165) is 11.8 Å². The lowest BCUT2D eigenvalue weighted by atomic mass is 10.1. The predicted octanol–water partition coefficient (Wildman–Crippen LogP) is 3.45. The number of phenolic OH excluding ortho intramolecular Hbond substituents is 1. The van der Waals surface area contributed by atoms with Crippen molar-refractivity contribution in [2.75, 3.05) is 24.2 Å². The molecule has 5 nitrogen and oxygen atoms in total. The smallest absolute Gasteiger partial charge is 0.257 e. The van der Waals surface area contributed by atoms with E-state index in [4.69, 9.17) is 0 Å². The minimum Gasteiger partial charge on any atom is -0.507 e. The summed E-state index contributed by atoms with van der Waals surface area (Å²) >= 11 is 1.83. The van der Waals surface area contributed by atoms with Gasteiger partial charge in [-0.3, -0.25) is 9.59 Å². The highest BCUT2D eigenvalue weighted by Gasteiger charge is 2.27. The SMILES string of the molecule is C=CC(=O)Nc1ccc(O)c(C(=O)N2CCSC(c3ccccc3)C2)c1. The van der Waals surface area contributed by atoms with Crippen molar-refractivity contribution in [3.8, 4) is 5.75 Å². The van der Waals surface area contributed by atoms with Gasteiger partial charge in [0, 0.05) is 29.8 Å². The molecule has 3 rings (SSSR count). The highest BCUT2D eigenvalue weighted by atomic mass is 32.2. The van der Waals surface area contributed by atoms with E-state index in [1.807, 2.05) is 30.0 Å². The summed E-state index contributed by atoms with van der Waals surface area (Å²) in [5, 5.41) is 12.9. The Labute approximate surface area is 156 Å². The van der Waals surface area contributed by atoms with Crippen LogP contribution in [0.1, 0.15) is 21.2 Å². The minimum absolute atomic E-state index is 0.0962. The van der Waals surface area contributed by atoms with Crippen LogP contribution in [0.15, 0.2) is 61.2 Å². The van der Waals surface area contributed by atoms with Gasteiger partial charge in [-0.25, -0.2) is 0 Å². The number of nitrogens with zero attached hydrogens (tertiary/aromatic N) is 1. The molecule has 6 heteroatoms. The lowest BCUT2D eigenvalue weighted by Crippen LogP contribution is -2.39. The maximum Gasteiger partial charge on any atom is 0.257 e. The van der Waals surface area contributed by atoms with Gasteiger partial charge in [-0.1, -0.05) is 36.9 Å². The largest absolute Gasteiger partial charge is 0.507 e. The molecule has 1 aliphatic heterocycles. The van der Waals surface area contributed by atoms with E-state index in [1.54, 1.807) is 11.0 Å². The fourth-order valence-electron chi connectivity index (χ4n) is 2.85. The van der Waals surface area contributed by atoms with Crippen molar-refractivity contribution in [2.24, 2.45) is 0 Å². The molecule has 0 aliphatic carbocycles. The first kappa shape index (κ1) is 18.1. The van der Waals surface area contributed by atoms with Crippen LogP contribution in [0.2, 0.25) is 0 Å². The van der Waals surface area contributed by atoms with Crippen molar-refractivity contribution in [1.82, 2.24) is 4.90 Å². The van der Waals surface area contributed by atoms with Gasteiger partial charge in [0.1, 0.15) is 5.75 Å². The van der Waals surface area contributed by atoms with Crippen LogP contribution in [0.4, 0.5) is 5.69 Å². The number of rotatable bonds is 4. The summed E-state index contributed by atoms with van der Waals surface area (Å²) in [4.78, 5) is 26.1. The molecule has 1 atom stereocenters. The molecule has 2 amide bonds. The molecule has 2 aromatic rings. The molecule has 0 bridgehead atoms. The van der Waals surface area contributed by atoms with Gasteiger partial charge in [0.15, 0.2) is 0 Å². The molecule has 134 valence electrons. The molecule has 1 aliphatic rings. The van der Waals surface area contributed by atoms with Crippen molar-refractivity contribution in [3.63, 3.8) is 0 Å². The van der Waals surface area contributed by atoms with E-state index in [-0.39, 0.29) is 28.4 Å². The number of nitrogens with one attached hydrogen (secondary N) is 1. The molecule has 1 saturated heterocycles. The summed E-state index contributed by atoms with van der Waals surface area (Å²) in [7, 11) is 0. The van der Waals surface area contributed by atoms with Gasteiger partial charge in [0.25, 0.3) is 5.91 Å². The Hall–Kier alpha value is -2.73. The Bertz CT molecular complexity index is 823. The van der Waals surface area contributed by atoms with Gasteiger partial charge in [-0.2, -0.15) is 11.8 Å². The van der Waals surface area contributed by atoms with Crippen molar-refractivity contribution in [3.05, 3.63) is 72.3 Å². The zero-order valence-electron chi connectivity index (χ0n) is 14.2. The van der Waals surface area contributed by atoms with E-state index in [0.29, 0.717) is 18.8 Å². The summed E-state index contributed by atoms with van der Waals surface area (Å²) in [6, 6.07) is 14.6. The lowest BCUT2D eigenvalue weighted by Gasteiger charge is -2.33. The minimum atomic E-state index is -0.368. The molecular weight excluding hydrogens is 348 g/mol. The van der Waals surface area contributed by atoms with Crippen LogP contribution in [0.3, 0.4) is 0 Å². The number of amides is 2. The Balaban J connectivity index is 1.79. The average Bonchev–Trinajstić information content (AvgIpc) is 2.69. The van der Waals surface area contributed by atoms with Crippen LogP contribution in [0.25, 0.3) is 0 Å². The van der Waals surface area contributed by atoms with E-state index in [1.165, 1.54) is 17.7 Å². The molecule has 0 saturated carbocycles. The number of hydrogen-bond acceptors (Lipinski definition) is 4. The van der Waals surface area contributed by atoms with Gasteiger partial charge < -0.3 is 15.3 Å². The van der Waals surface area contributed by atoms with Crippen LogP contribution in [-0.2, 0) is 4.79 Å². The van der Waals surface area contributed by atoms with Crippen molar-refractivity contribution in [2.45, 2.75) is 5.25 Å². The molecular formula is C20H20N2O3S. The van der Waals surface area contributed by atoms with Gasteiger partial charge in [0.05, 0.1) is 5.56 Å². The summed E-state index contributed by atoms with van der Waals surface area (Å²) in [5.41, 5.74) is 1.82. The topological polar surface area (TPSA) is 69.6 Å². The standard InChI is InChI=1S/C20H20N2O3S/c1-2-19(24)21-15-8-9-17(23)16(12-15)20(25)22-10-11-26-18(13-22)14-6-4-3-5-7-14/h2-9,12,18,23H,1,10-11,13H2,(H,21,24). The van der Waals surface area contributed by atoms with Crippen molar-refractivity contribution >= 4 is 29.3 Å². The number of anilines is 1. The third-order valence-corrected chi connectivity index (χ3v) is 5.45. The second kappa shape index (κ2) is 8.10. The normalized spacial score (nSPS) is 16.8. The summed E-state index contributed by atoms with van der Waals surface area (Å²) in [6.45, 7) is 4.60. The molecule has 26 heavy (non-hydrogen) atoms. The molecule has 0 spiro atoms. The van der Waals surface area contributed by atoms with Crippen molar-refractivity contribution < 1.29 is 14.7 Å². The van der Waals surface area contributed by atoms with Crippen LogP contribution in [0, 0.1) is 0 Å². The Morgan fingerprint density at radius 3 is 2.73 bits per heavy atom. The molecule has 0 aromatic heterocycles. The second-order valence-corrected chi connectivity index (χ2v) is 7.26. The Morgan fingerprint density at radius 2 is 2.00 bits per heavy atom. The highest BCUT2D eigenvalue weighted by molar-refractivity contribution is 7.99. The number of aromatic hydroxyl groups is 1. The Kier molecular flexibility index (Phi) is 5.63. The molecule has 1 unspecified atom stereocenters. The zero-order valence-corrected chi connectivity index (χ0v) is 15.0. The van der Waals surface area contributed by atoms with E-state index >= 15 is 0 Å². The first-order valence-corrected chi connectivity index (χ1v) is 9.35. The van der Waals surface area contributed by atoms with Crippen molar-refractivity contribution in [1.29, 1.82) is 0 Å².